The fourth-order valence-electron chi connectivity index (χ4n) is 2.21. The van der Waals surface area contributed by atoms with Crippen LogP contribution in [0.2, 0.25) is 0 Å². The number of aromatic nitrogens is 2. The second kappa shape index (κ2) is 4.39. The van der Waals surface area contributed by atoms with Crippen molar-refractivity contribution < 1.29 is 4.42 Å². The summed E-state index contributed by atoms with van der Waals surface area (Å²) in [6, 6.07) is 7.71. The minimum Gasteiger partial charge on any atom is -0.464 e. The number of furan rings is 1. The molecule has 4 nitrogen and oxygen atoms in total. The number of para-hydroxylation sites is 1. The molecule has 2 aromatic heterocycles. The fraction of sp³-hybridized carbons (Fsp3) is 0.200. The van der Waals surface area contributed by atoms with Crippen LogP contribution in [0.3, 0.4) is 0 Å². The highest BCUT2D eigenvalue weighted by atomic mass is 16.3. The van der Waals surface area contributed by atoms with E-state index in [0.717, 1.165) is 28.6 Å². The first-order chi connectivity index (χ1) is 9.20. The van der Waals surface area contributed by atoms with E-state index >= 15 is 0 Å². The van der Waals surface area contributed by atoms with Crippen LogP contribution in [-0.4, -0.2) is 9.97 Å². The molecule has 0 saturated heterocycles. The maximum atomic E-state index is 11.9. The summed E-state index contributed by atoms with van der Waals surface area (Å²) in [6.07, 6.45) is 2.37. The molecule has 0 atom stereocenters. The number of hydrogen-bond acceptors (Lipinski definition) is 3. The standard InChI is InChI=1S/C15H14N2O2/c1-3-12-9(2)15(18)17-14(16-12)11-8-19-13-7-5-4-6-10(11)13/h4-8H,3H2,1-2H3,(H,16,17,18). The van der Waals surface area contributed by atoms with Gasteiger partial charge in [-0.2, -0.15) is 0 Å². The first kappa shape index (κ1) is 11.7. The van der Waals surface area contributed by atoms with Crippen molar-refractivity contribution in [2.45, 2.75) is 20.3 Å². The molecule has 0 amide bonds. The lowest BCUT2D eigenvalue weighted by Gasteiger charge is -2.04. The number of rotatable bonds is 2. The molecule has 19 heavy (non-hydrogen) atoms. The van der Waals surface area contributed by atoms with E-state index in [2.05, 4.69) is 9.97 Å². The number of benzene rings is 1. The van der Waals surface area contributed by atoms with Gasteiger partial charge in [-0.3, -0.25) is 4.79 Å². The number of H-pyrrole nitrogens is 1. The number of nitrogens with one attached hydrogen (secondary N) is 1. The molecule has 0 radical (unpaired) electrons. The summed E-state index contributed by atoms with van der Waals surface area (Å²) in [5, 5.41) is 0.955. The summed E-state index contributed by atoms with van der Waals surface area (Å²) in [6.45, 7) is 3.79. The first-order valence-corrected chi connectivity index (χ1v) is 6.27. The van der Waals surface area contributed by atoms with Gasteiger partial charge in [0.15, 0.2) is 0 Å². The summed E-state index contributed by atoms with van der Waals surface area (Å²) in [7, 11) is 0. The van der Waals surface area contributed by atoms with Crippen molar-refractivity contribution in [3.05, 3.63) is 52.1 Å². The van der Waals surface area contributed by atoms with Crippen LogP contribution in [-0.2, 0) is 6.42 Å². The number of aryl methyl sites for hydroxylation is 1. The lowest BCUT2D eigenvalue weighted by molar-refractivity contribution is 0.616. The highest BCUT2D eigenvalue weighted by Gasteiger charge is 2.12. The van der Waals surface area contributed by atoms with Gasteiger partial charge >= 0.3 is 0 Å². The monoisotopic (exact) mass is 254 g/mol. The molecule has 2 heterocycles. The maximum Gasteiger partial charge on any atom is 0.254 e. The average molecular weight is 254 g/mol. The largest absolute Gasteiger partial charge is 0.464 e. The highest BCUT2D eigenvalue weighted by Crippen LogP contribution is 2.27. The van der Waals surface area contributed by atoms with Crippen LogP contribution in [0.4, 0.5) is 0 Å². The number of nitrogens with zero attached hydrogens (tertiary/aromatic N) is 1. The van der Waals surface area contributed by atoms with Gasteiger partial charge in [-0.25, -0.2) is 4.98 Å². The van der Waals surface area contributed by atoms with E-state index in [1.54, 1.807) is 13.2 Å². The summed E-state index contributed by atoms with van der Waals surface area (Å²) in [4.78, 5) is 19.3. The highest BCUT2D eigenvalue weighted by molar-refractivity contribution is 5.91. The molecule has 1 N–H and O–H groups in total. The second-order valence-corrected chi connectivity index (χ2v) is 4.49. The molecule has 0 fully saturated rings. The van der Waals surface area contributed by atoms with Crippen LogP contribution < -0.4 is 5.56 Å². The minimum absolute atomic E-state index is 0.0906. The van der Waals surface area contributed by atoms with Gasteiger partial charge in [0.25, 0.3) is 5.56 Å². The Balaban J connectivity index is 2.27. The van der Waals surface area contributed by atoms with Crippen molar-refractivity contribution in [3.63, 3.8) is 0 Å². The van der Waals surface area contributed by atoms with Crippen LogP contribution in [0.15, 0.2) is 39.7 Å². The van der Waals surface area contributed by atoms with E-state index in [1.165, 1.54) is 0 Å². The quantitative estimate of drug-likeness (QED) is 0.764. The minimum atomic E-state index is -0.0906. The second-order valence-electron chi connectivity index (χ2n) is 4.49. The molecule has 0 aliphatic rings. The van der Waals surface area contributed by atoms with Crippen LogP contribution in [0.1, 0.15) is 18.2 Å². The van der Waals surface area contributed by atoms with Gasteiger partial charge in [-0.15, -0.1) is 0 Å². The van der Waals surface area contributed by atoms with Crippen molar-refractivity contribution in [1.82, 2.24) is 9.97 Å². The molecule has 0 spiro atoms. The molecule has 3 rings (SSSR count). The van der Waals surface area contributed by atoms with Crippen LogP contribution in [0.5, 0.6) is 0 Å². The van der Waals surface area contributed by atoms with Crippen molar-refractivity contribution in [3.8, 4) is 11.4 Å². The molecule has 0 saturated carbocycles. The summed E-state index contributed by atoms with van der Waals surface area (Å²) in [5.41, 5.74) is 3.02. The van der Waals surface area contributed by atoms with Gasteiger partial charge < -0.3 is 9.40 Å². The van der Waals surface area contributed by atoms with Crippen LogP contribution in [0, 0.1) is 6.92 Å². The lowest BCUT2D eigenvalue weighted by atomic mass is 10.1. The Kier molecular flexibility index (Phi) is 2.71. The fourth-order valence-corrected chi connectivity index (χ4v) is 2.21. The van der Waals surface area contributed by atoms with E-state index in [1.807, 2.05) is 31.2 Å². The Hall–Kier alpha value is -2.36. The van der Waals surface area contributed by atoms with E-state index in [-0.39, 0.29) is 5.56 Å². The summed E-state index contributed by atoms with van der Waals surface area (Å²) < 4.78 is 5.49. The van der Waals surface area contributed by atoms with E-state index in [0.29, 0.717) is 11.4 Å². The predicted octanol–water partition coefficient (Wildman–Crippen LogP) is 3.05. The molecular formula is C15H14N2O2. The third kappa shape index (κ3) is 1.85. The van der Waals surface area contributed by atoms with Crippen molar-refractivity contribution in [2.24, 2.45) is 0 Å². The van der Waals surface area contributed by atoms with Gasteiger partial charge in [0.05, 0.1) is 11.3 Å². The molecule has 0 unspecified atom stereocenters. The van der Waals surface area contributed by atoms with Crippen molar-refractivity contribution in [1.29, 1.82) is 0 Å². The predicted molar refractivity (Wildman–Crippen MR) is 74.2 cm³/mol. The van der Waals surface area contributed by atoms with Gasteiger partial charge in [0, 0.05) is 10.9 Å². The molecule has 4 heteroatoms. The smallest absolute Gasteiger partial charge is 0.254 e. The zero-order valence-corrected chi connectivity index (χ0v) is 10.9. The third-order valence-corrected chi connectivity index (χ3v) is 3.32. The Morgan fingerprint density at radius 3 is 2.89 bits per heavy atom. The molecule has 0 aliphatic heterocycles. The third-order valence-electron chi connectivity index (χ3n) is 3.32. The molecular weight excluding hydrogens is 240 g/mol. The Morgan fingerprint density at radius 1 is 1.32 bits per heavy atom. The van der Waals surface area contributed by atoms with Crippen LogP contribution in [0.25, 0.3) is 22.4 Å². The van der Waals surface area contributed by atoms with Gasteiger partial charge in [0.2, 0.25) is 0 Å². The van der Waals surface area contributed by atoms with Gasteiger partial charge in [-0.1, -0.05) is 25.1 Å². The molecule has 0 bridgehead atoms. The van der Waals surface area contributed by atoms with Gasteiger partial charge in [-0.05, 0) is 19.4 Å². The SMILES string of the molecule is CCc1nc(-c2coc3ccccc23)[nH]c(=O)c1C. The lowest BCUT2D eigenvalue weighted by Crippen LogP contribution is -2.15. The summed E-state index contributed by atoms with van der Waals surface area (Å²) in [5.74, 6) is 0.567. The zero-order valence-electron chi connectivity index (χ0n) is 10.9. The van der Waals surface area contributed by atoms with Crippen molar-refractivity contribution in [2.75, 3.05) is 0 Å². The van der Waals surface area contributed by atoms with Crippen molar-refractivity contribution >= 4 is 11.0 Å². The topological polar surface area (TPSA) is 58.9 Å². The maximum absolute atomic E-state index is 11.9. The van der Waals surface area contributed by atoms with E-state index in [9.17, 15) is 4.79 Å². The molecule has 96 valence electrons. The normalized spacial score (nSPS) is 11.1. The number of aromatic amines is 1. The Morgan fingerprint density at radius 2 is 2.11 bits per heavy atom. The average Bonchev–Trinajstić information content (AvgIpc) is 2.85. The van der Waals surface area contributed by atoms with Gasteiger partial charge in [0.1, 0.15) is 17.7 Å². The summed E-state index contributed by atoms with van der Waals surface area (Å²) >= 11 is 0. The number of fused-ring (bicyclic) bond motifs is 1. The Bertz CT molecular complexity index is 799. The van der Waals surface area contributed by atoms with E-state index < -0.39 is 0 Å². The molecule has 3 aromatic rings. The first-order valence-electron chi connectivity index (χ1n) is 6.27. The molecule has 1 aromatic carbocycles. The Labute approximate surface area is 110 Å². The molecule has 0 aliphatic carbocycles. The zero-order chi connectivity index (χ0) is 13.4. The number of hydrogen-bond donors (Lipinski definition) is 1. The van der Waals surface area contributed by atoms with Crippen LogP contribution >= 0.6 is 0 Å². The van der Waals surface area contributed by atoms with E-state index in [4.69, 9.17) is 4.42 Å².